The monoisotopic (exact) mass is 357 g/mol. The SMILES string of the molecule is CC(C)[C@H]1CN2C[C@@H](NC(=O)c3ccc(C(F)(F)F)nc3)C[C@H]2CO1. The Bertz CT molecular complexity index is 619. The van der Waals surface area contributed by atoms with E-state index >= 15 is 0 Å². The molecule has 1 aromatic heterocycles. The lowest BCUT2D eigenvalue weighted by atomic mass is 10.0. The van der Waals surface area contributed by atoms with Crippen LogP contribution in [0.3, 0.4) is 0 Å². The van der Waals surface area contributed by atoms with Crippen LogP contribution in [0.1, 0.15) is 36.3 Å². The number of aromatic nitrogens is 1. The molecule has 2 saturated heterocycles. The molecule has 25 heavy (non-hydrogen) atoms. The number of carbonyl (C=O) groups is 1. The molecule has 0 radical (unpaired) electrons. The third-order valence-corrected chi connectivity index (χ3v) is 4.84. The lowest BCUT2D eigenvalue weighted by Gasteiger charge is -2.36. The van der Waals surface area contributed by atoms with Crippen molar-refractivity contribution in [3.8, 4) is 0 Å². The predicted octanol–water partition coefficient (Wildman–Crippen LogP) is 2.33. The molecule has 8 heteroatoms. The van der Waals surface area contributed by atoms with Gasteiger partial charge in [0.2, 0.25) is 0 Å². The fourth-order valence-corrected chi connectivity index (χ4v) is 3.37. The lowest BCUT2D eigenvalue weighted by Crippen LogP contribution is -2.48. The van der Waals surface area contributed by atoms with Crippen LogP contribution in [-0.2, 0) is 10.9 Å². The Morgan fingerprint density at radius 1 is 1.36 bits per heavy atom. The minimum Gasteiger partial charge on any atom is -0.375 e. The van der Waals surface area contributed by atoms with Crippen LogP contribution in [0.4, 0.5) is 13.2 Å². The molecule has 2 aliphatic heterocycles. The molecular weight excluding hydrogens is 335 g/mol. The number of pyridine rings is 1. The Morgan fingerprint density at radius 3 is 2.72 bits per heavy atom. The van der Waals surface area contributed by atoms with Gasteiger partial charge in [-0.25, -0.2) is 0 Å². The van der Waals surface area contributed by atoms with Crippen LogP contribution >= 0.6 is 0 Å². The first-order chi connectivity index (χ1) is 11.7. The van der Waals surface area contributed by atoms with E-state index in [9.17, 15) is 18.0 Å². The summed E-state index contributed by atoms with van der Waals surface area (Å²) < 4.78 is 43.4. The van der Waals surface area contributed by atoms with Crippen LogP contribution in [0.5, 0.6) is 0 Å². The summed E-state index contributed by atoms with van der Waals surface area (Å²) in [5, 5.41) is 2.90. The first-order valence-corrected chi connectivity index (χ1v) is 8.44. The number of ether oxygens (including phenoxy) is 1. The van der Waals surface area contributed by atoms with Crippen molar-refractivity contribution in [1.29, 1.82) is 0 Å². The van der Waals surface area contributed by atoms with Crippen LogP contribution in [0.2, 0.25) is 0 Å². The number of alkyl halides is 3. The number of carbonyl (C=O) groups excluding carboxylic acids is 1. The second-order valence-corrected chi connectivity index (χ2v) is 7.06. The Labute approximate surface area is 144 Å². The third-order valence-electron chi connectivity index (χ3n) is 4.84. The fourth-order valence-electron chi connectivity index (χ4n) is 3.37. The normalized spacial score (nSPS) is 27.4. The Balaban J connectivity index is 1.57. The van der Waals surface area contributed by atoms with E-state index in [-0.39, 0.29) is 23.8 Å². The van der Waals surface area contributed by atoms with E-state index in [4.69, 9.17) is 4.74 Å². The standard InChI is InChI=1S/C17H22F3N3O2/c1-10(2)14-8-23-7-12(5-13(23)9-25-14)22-16(24)11-3-4-15(21-6-11)17(18,19)20/h3-4,6,10,12-14H,5,7-9H2,1-2H3,(H,22,24)/t12-,13-,14+/m0/s1. The van der Waals surface area contributed by atoms with Crippen LogP contribution in [0, 0.1) is 5.92 Å². The van der Waals surface area contributed by atoms with Gasteiger partial charge in [0.1, 0.15) is 5.69 Å². The van der Waals surface area contributed by atoms with Crippen molar-refractivity contribution in [2.24, 2.45) is 5.92 Å². The Kier molecular flexibility index (Phi) is 5.02. The maximum Gasteiger partial charge on any atom is 0.433 e. The van der Waals surface area contributed by atoms with Gasteiger partial charge in [-0.3, -0.25) is 14.7 Å². The number of hydrogen-bond acceptors (Lipinski definition) is 4. The topological polar surface area (TPSA) is 54.5 Å². The zero-order chi connectivity index (χ0) is 18.2. The number of hydrogen-bond donors (Lipinski definition) is 1. The summed E-state index contributed by atoms with van der Waals surface area (Å²) in [5.74, 6) is 0.0419. The van der Waals surface area contributed by atoms with Crippen molar-refractivity contribution in [2.45, 2.75) is 44.6 Å². The summed E-state index contributed by atoms with van der Waals surface area (Å²) in [6, 6.07) is 2.24. The highest BCUT2D eigenvalue weighted by Crippen LogP contribution is 2.28. The van der Waals surface area contributed by atoms with Gasteiger partial charge >= 0.3 is 6.18 Å². The van der Waals surface area contributed by atoms with E-state index < -0.39 is 17.8 Å². The predicted molar refractivity (Wildman–Crippen MR) is 85.0 cm³/mol. The lowest BCUT2D eigenvalue weighted by molar-refractivity contribution is -0.141. The summed E-state index contributed by atoms with van der Waals surface area (Å²) >= 11 is 0. The first kappa shape index (κ1) is 18.1. The average Bonchev–Trinajstić information content (AvgIpc) is 2.95. The number of fused-ring (bicyclic) bond motifs is 1. The first-order valence-electron chi connectivity index (χ1n) is 8.44. The Morgan fingerprint density at radius 2 is 2.12 bits per heavy atom. The Hall–Kier alpha value is -1.67. The van der Waals surface area contributed by atoms with E-state index in [1.165, 1.54) is 0 Å². The average molecular weight is 357 g/mol. The van der Waals surface area contributed by atoms with Gasteiger partial charge in [0.15, 0.2) is 0 Å². The van der Waals surface area contributed by atoms with Gasteiger partial charge in [-0.05, 0) is 24.5 Å². The number of halogens is 3. The summed E-state index contributed by atoms with van der Waals surface area (Å²) in [5.41, 5.74) is -0.867. The van der Waals surface area contributed by atoms with Gasteiger partial charge in [-0.2, -0.15) is 13.2 Å². The van der Waals surface area contributed by atoms with Crippen LogP contribution in [-0.4, -0.2) is 53.7 Å². The molecule has 0 spiro atoms. The molecule has 1 aromatic rings. The summed E-state index contributed by atoms with van der Waals surface area (Å²) in [4.78, 5) is 17.9. The molecule has 3 heterocycles. The highest BCUT2D eigenvalue weighted by atomic mass is 19.4. The molecule has 5 nitrogen and oxygen atoms in total. The van der Waals surface area contributed by atoms with Gasteiger partial charge in [-0.1, -0.05) is 13.8 Å². The largest absolute Gasteiger partial charge is 0.433 e. The molecule has 2 fully saturated rings. The molecule has 1 amide bonds. The van der Waals surface area contributed by atoms with Crippen molar-refractivity contribution in [3.05, 3.63) is 29.6 Å². The highest BCUT2D eigenvalue weighted by molar-refractivity contribution is 5.94. The number of morpholine rings is 1. The highest BCUT2D eigenvalue weighted by Gasteiger charge is 2.38. The smallest absolute Gasteiger partial charge is 0.375 e. The van der Waals surface area contributed by atoms with E-state index in [1.54, 1.807) is 0 Å². The number of nitrogens with zero attached hydrogens (tertiary/aromatic N) is 2. The molecule has 1 N–H and O–H groups in total. The van der Waals surface area contributed by atoms with E-state index in [2.05, 4.69) is 29.0 Å². The molecule has 0 saturated carbocycles. The second kappa shape index (κ2) is 6.92. The maximum absolute atomic E-state index is 12.5. The molecule has 0 unspecified atom stereocenters. The summed E-state index contributed by atoms with van der Waals surface area (Å²) in [7, 11) is 0. The summed E-state index contributed by atoms with van der Waals surface area (Å²) in [6.45, 7) is 6.47. The minimum atomic E-state index is -4.50. The quantitative estimate of drug-likeness (QED) is 0.902. The molecule has 2 aliphatic rings. The van der Waals surface area contributed by atoms with Gasteiger partial charge < -0.3 is 10.1 Å². The van der Waals surface area contributed by atoms with Crippen molar-refractivity contribution < 1.29 is 22.7 Å². The van der Waals surface area contributed by atoms with Gasteiger partial charge in [0.05, 0.1) is 18.3 Å². The minimum absolute atomic E-state index is 0.0331. The van der Waals surface area contributed by atoms with Crippen LogP contribution in [0.15, 0.2) is 18.3 Å². The molecule has 0 aliphatic carbocycles. The summed E-state index contributed by atoms with van der Waals surface area (Å²) in [6.07, 6.45) is -2.55. The molecule has 0 bridgehead atoms. The van der Waals surface area contributed by atoms with Gasteiger partial charge in [0, 0.05) is 31.4 Å². The van der Waals surface area contributed by atoms with E-state index in [0.29, 0.717) is 12.5 Å². The molecule has 3 rings (SSSR count). The molecule has 0 aromatic carbocycles. The number of amides is 1. The van der Waals surface area contributed by atoms with E-state index in [0.717, 1.165) is 37.8 Å². The van der Waals surface area contributed by atoms with Crippen LogP contribution in [0.25, 0.3) is 0 Å². The van der Waals surface area contributed by atoms with Crippen molar-refractivity contribution >= 4 is 5.91 Å². The number of nitrogens with one attached hydrogen (secondary N) is 1. The van der Waals surface area contributed by atoms with Gasteiger partial charge in [-0.15, -0.1) is 0 Å². The van der Waals surface area contributed by atoms with Crippen molar-refractivity contribution in [2.75, 3.05) is 19.7 Å². The van der Waals surface area contributed by atoms with Crippen LogP contribution < -0.4 is 5.32 Å². The third kappa shape index (κ3) is 4.12. The van der Waals surface area contributed by atoms with Gasteiger partial charge in [0.25, 0.3) is 5.91 Å². The molecule has 138 valence electrons. The van der Waals surface area contributed by atoms with E-state index in [1.807, 2.05) is 0 Å². The zero-order valence-corrected chi connectivity index (χ0v) is 14.2. The molecular formula is C17H22F3N3O2. The molecule has 3 atom stereocenters. The van der Waals surface area contributed by atoms with Crippen molar-refractivity contribution in [3.63, 3.8) is 0 Å². The maximum atomic E-state index is 12.5. The second-order valence-electron chi connectivity index (χ2n) is 7.06. The fraction of sp³-hybridized carbons (Fsp3) is 0.647. The zero-order valence-electron chi connectivity index (χ0n) is 14.2. The van der Waals surface area contributed by atoms with Crippen molar-refractivity contribution in [1.82, 2.24) is 15.2 Å². The number of rotatable bonds is 3.